The Hall–Kier alpha value is -3.36. The van der Waals surface area contributed by atoms with Gasteiger partial charge in [-0.15, -0.1) is 0 Å². The summed E-state index contributed by atoms with van der Waals surface area (Å²) in [4.78, 5) is 34.3. The highest BCUT2D eigenvalue weighted by molar-refractivity contribution is 5.92. The normalized spacial score (nSPS) is 14.2. The second kappa shape index (κ2) is 12.6. The lowest BCUT2D eigenvalue weighted by molar-refractivity contribution is -0.129. The van der Waals surface area contributed by atoms with Crippen LogP contribution >= 0.6 is 0 Å². The van der Waals surface area contributed by atoms with Crippen LogP contribution in [0.4, 0.5) is 10.5 Å². The van der Waals surface area contributed by atoms with Gasteiger partial charge in [0.1, 0.15) is 0 Å². The third-order valence-electron chi connectivity index (χ3n) is 7.05. The summed E-state index contributed by atoms with van der Waals surface area (Å²) >= 11 is 0. The van der Waals surface area contributed by atoms with Gasteiger partial charge >= 0.3 is 6.03 Å². The molecule has 1 aliphatic rings. The van der Waals surface area contributed by atoms with Crippen molar-refractivity contribution in [3.8, 4) is 11.1 Å². The first-order valence-corrected chi connectivity index (χ1v) is 13.0. The van der Waals surface area contributed by atoms with Gasteiger partial charge in [0.05, 0.1) is 0 Å². The fraction of sp³-hybridized carbons (Fsp3) is 0.429. The molecule has 2 heterocycles. The van der Waals surface area contributed by atoms with Crippen LogP contribution in [0, 0.1) is 0 Å². The summed E-state index contributed by atoms with van der Waals surface area (Å²) in [7, 11) is 0. The van der Waals surface area contributed by atoms with Gasteiger partial charge in [-0.3, -0.25) is 14.9 Å². The quantitative estimate of drug-likeness (QED) is 0.215. The summed E-state index contributed by atoms with van der Waals surface area (Å²) in [6.45, 7) is 7.10. The zero-order chi connectivity index (χ0) is 25.3. The van der Waals surface area contributed by atoms with Crippen LogP contribution in [0.1, 0.15) is 39.0 Å². The number of H-pyrrole nitrogens is 1. The molecule has 0 radical (unpaired) electrons. The second-order valence-electron chi connectivity index (χ2n) is 9.38. The van der Waals surface area contributed by atoms with Crippen molar-refractivity contribution >= 4 is 28.5 Å². The number of benzene rings is 2. The van der Waals surface area contributed by atoms with E-state index in [-0.39, 0.29) is 11.9 Å². The number of unbranched alkanes of at least 4 members (excludes halogenated alkanes) is 3. The van der Waals surface area contributed by atoms with E-state index >= 15 is 0 Å². The molecule has 1 aromatic heterocycles. The zero-order valence-corrected chi connectivity index (χ0v) is 21.1. The van der Waals surface area contributed by atoms with Crippen LogP contribution in [-0.4, -0.2) is 71.2 Å². The van der Waals surface area contributed by atoms with Crippen LogP contribution in [0.2, 0.25) is 0 Å². The molecule has 8 nitrogen and oxygen atoms in total. The van der Waals surface area contributed by atoms with Crippen LogP contribution in [0.5, 0.6) is 0 Å². The highest BCUT2D eigenvalue weighted by Crippen LogP contribution is 2.27. The van der Waals surface area contributed by atoms with Crippen molar-refractivity contribution < 1.29 is 14.8 Å². The Labute approximate surface area is 212 Å². The number of aromatic amines is 1. The highest BCUT2D eigenvalue weighted by Gasteiger charge is 2.25. The average molecular weight is 492 g/mol. The number of hydrogen-bond acceptors (Lipinski definition) is 4. The van der Waals surface area contributed by atoms with E-state index in [1.165, 1.54) is 5.39 Å². The van der Waals surface area contributed by atoms with E-state index < -0.39 is 0 Å². The molecule has 4 rings (SSSR count). The number of hydroxylamine groups is 1. The number of piperazine rings is 1. The van der Waals surface area contributed by atoms with Crippen molar-refractivity contribution in [2.45, 2.75) is 39.0 Å². The minimum absolute atomic E-state index is 0.0611. The van der Waals surface area contributed by atoms with Crippen molar-refractivity contribution in [2.75, 3.05) is 44.2 Å². The average Bonchev–Trinajstić information content (AvgIpc) is 3.40. The first-order valence-electron chi connectivity index (χ1n) is 13.0. The minimum atomic E-state index is -0.353. The van der Waals surface area contributed by atoms with Gasteiger partial charge in [-0.25, -0.2) is 10.3 Å². The van der Waals surface area contributed by atoms with E-state index in [0.29, 0.717) is 13.0 Å². The van der Waals surface area contributed by atoms with Crippen molar-refractivity contribution in [1.29, 1.82) is 0 Å². The molecule has 1 aliphatic heterocycles. The Bertz CT molecular complexity index is 1140. The molecular weight excluding hydrogens is 454 g/mol. The lowest BCUT2D eigenvalue weighted by atomic mass is 10.0. The van der Waals surface area contributed by atoms with E-state index in [9.17, 15) is 9.59 Å². The summed E-state index contributed by atoms with van der Waals surface area (Å²) in [6.07, 6.45) is 5.64. The lowest BCUT2D eigenvalue weighted by Gasteiger charge is -2.37. The van der Waals surface area contributed by atoms with E-state index in [1.807, 2.05) is 28.1 Å². The maximum atomic E-state index is 13.6. The number of aromatic nitrogens is 1. The number of amides is 3. The largest absolute Gasteiger partial charge is 0.361 e. The molecule has 3 N–H and O–H groups in total. The van der Waals surface area contributed by atoms with Gasteiger partial charge in [0.25, 0.3) is 0 Å². The summed E-state index contributed by atoms with van der Waals surface area (Å²) in [6, 6.07) is 16.8. The molecule has 8 heteroatoms. The van der Waals surface area contributed by atoms with Crippen LogP contribution in [0.15, 0.2) is 54.7 Å². The number of carbonyl (C=O) groups excluding carboxylic acids is 2. The minimum Gasteiger partial charge on any atom is -0.361 e. The summed E-state index contributed by atoms with van der Waals surface area (Å²) in [5.41, 5.74) is 5.94. The van der Waals surface area contributed by atoms with E-state index in [4.69, 9.17) is 5.21 Å². The summed E-state index contributed by atoms with van der Waals surface area (Å²) in [5.74, 6) is -0.353. The van der Waals surface area contributed by atoms with Gasteiger partial charge in [0.15, 0.2) is 0 Å². The van der Waals surface area contributed by atoms with Crippen LogP contribution in [0.25, 0.3) is 22.0 Å². The molecule has 1 fully saturated rings. The van der Waals surface area contributed by atoms with Crippen molar-refractivity contribution in [3.63, 3.8) is 0 Å². The second-order valence-corrected chi connectivity index (χ2v) is 9.38. The number of urea groups is 1. The fourth-order valence-corrected chi connectivity index (χ4v) is 4.79. The number of fused-ring (bicyclic) bond motifs is 1. The Balaban J connectivity index is 1.43. The molecule has 3 aromatic rings. The Morgan fingerprint density at radius 3 is 2.39 bits per heavy atom. The van der Waals surface area contributed by atoms with Crippen LogP contribution in [-0.2, 0) is 4.79 Å². The number of anilines is 1. The molecule has 3 amide bonds. The van der Waals surface area contributed by atoms with Crippen molar-refractivity contribution in [2.24, 2.45) is 0 Å². The Morgan fingerprint density at radius 1 is 0.944 bits per heavy atom. The molecule has 0 spiro atoms. The van der Waals surface area contributed by atoms with Gasteiger partial charge in [-0.05, 0) is 60.2 Å². The first-order chi connectivity index (χ1) is 17.6. The van der Waals surface area contributed by atoms with E-state index in [2.05, 4.69) is 53.2 Å². The molecule has 2 aromatic carbocycles. The molecule has 0 aliphatic carbocycles. The number of carbonyl (C=O) groups is 2. The van der Waals surface area contributed by atoms with Gasteiger partial charge in [0.2, 0.25) is 5.91 Å². The predicted molar refractivity (Wildman–Crippen MR) is 143 cm³/mol. The third-order valence-corrected chi connectivity index (χ3v) is 7.05. The molecule has 192 valence electrons. The maximum Gasteiger partial charge on any atom is 0.324 e. The van der Waals surface area contributed by atoms with Gasteiger partial charge < -0.3 is 14.8 Å². The van der Waals surface area contributed by atoms with Crippen LogP contribution in [0.3, 0.4) is 0 Å². The smallest absolute Gasteiger partial charge is 0.324 e. The number of hydrogen-bond donors (Lipinski definition) is 3. The number of nitrogens with zero attached hydrogens (tertiary/aromatic N) is 3. The topological polar surface area (TPSA) is 91.9 Å². The molecule has 36 heavy (non-hydrogen) atoms. The van der Waals surface area contributed by atoms with Gasteiger partial charge in [-0.1, -0.05) is 44.0 Å². The van der Waals surface area contributed by atoms with Crippen molar-refractivity contribution in [1.82, 2.24) is 20.3 Å². The van der Waals surface area contributed by atoms with Crippen LogP contribution < -0.4 is 10.4 Å². The standard InChI is InChI=1S/C28H37N5O3/c1-2-31-17-19-32(20-18-31)28(35)33(16-6-4-3-5-7-27(34)30-36)25-12-10-22(11-13-25)24-9-8-23-14-15-29-26(23)21-24/h8-15,21,29,36H,2-7,16-20H2,1H3,(H,30,34). The van der Waals surface area contributed by atoms with Gasteiger partial charge in [-0.2, -0.15) is 0 Å². The summed E-state index contributed by atoms with van der Waals surface area (Å²) < 4.78 is 0. The predicted octanol–water partition coefficient (Wildman–Crippen LogP) is 4.85. The third kappa shape index (κ3) is 6.44. The molecule has 1 saturated heterocycles. The lowest BCUT2D eigenvalue weighted by Crippen LogP contribution is -2.53. The zero-order valence-electron chi connectivity index (χ0n) is 21.1. The Morgan fingerprint density at radius 2 is 1.67 bits per heavy atom. The molecule has 0 saturated carbocycles. The summed E-state index contributed by atoms with van der Waals surface area (Å²) in [5, 5.41) is 9.82. The molecule has 0 unspecified atom stereocenters. The SMILES string of the molecule is CCN1CCN(C(=O)N(CCCCCCC(=O)NO)c2ccc(-c3ccc4cc[nH]c4c3)cc2)CC1. The molecular formula is C28H37N5O3. The van der Waals surface area contributed by atoms with E-state index in [1.54, 1.807) is 5.48 Å². The Kier molecular flexibility index (Phi) is 8.97. The monoisotopic (exact) mass is 491 g/mol. The fourth-order valence-electron chi connectivity index (χ4n) is 4.79. The van der Waals surface area contributed by atoms with E-state index in [0.717, 1.165) is 80.7 Å². The van der Waals surface area contributed by atoms with Gasteiger partial charge in [0, 0.05) is 56.5 Å². The molecule has 0 atom stereocenters. The number of likely N-dealkylation sites (N-methyl/N-ethyl adjacent to an activating group) is 1. The highest BCUT2D eigenvalue weighted by atomic mass is 16.5. The first kappa shape index (κ1) is 25.7. The van der Waals surface area contributed by atoms with Crippen molar-refractivity contribution in [3.05, 3.63) is 54.7 Å². The number of rotatable bonds is 10. The molecule has 0 bridgehead atoms. The maximum absolute atomic E-state index is 13.6. The number of nitrogens with one attached hydrogen (secondary N) is 2.